The zero-order valence-corrected chi connectivity index (χ0v) is 14.1. The van der Waals surface area contributed by atoms with Crippen LogP contribution in [0.3, 0.4) is 0 Å². The molecule has 3 rings (SSSR count). The van der Waals surface area contributed by atoms with E-state index in [4.69, 9.17) is 4.74 Å². The van der Waals surface area contributed by atoms with Gasteiger partial charge in [-0.05, 0) is 25.6 Å². The van der Waals surface area contributed by atoms with E-state index >= 15 is 0 Å². The Morgan fingerprint density at radius 3 is 3.04 bits per heavy atom. The van der Waals surface area contributed by atoms with Gasteiger partial charge >= 0.3 is 0 Å². The number of aromatic nitrogens is 3. The number of nitrogens with zero attached hydrogens (tertiary/aromatic N) is 4. The average Bonchev–Trinajstić information content (AvgIpc) is 3.04. The van der Waals surface area contributed by atoms with Crippen molar-refractivity contribution in [3.63, 3.8) is 0 Å². The van der Waals surface area contributed by atoms with Gasteiger partial charge in [0, 0.05) is 25.8 Å². The molecule has 0 spiro atoms. The highest BCUT2D eigenvalue weighted by molar-refractivity contribution is 5.95. The molecule has 1 atom stereocenters. The number of carbonyl (C=O) groups excluding carboxylic acids is 1. The standard InChI is InChI=1S/C17H23N5O2/c1-3-15-14(11-20-22(15)16-6-4-5-7-18-16)17(23)19-10-13-12-21(2)8-9-24-13/h4-7,11,13H,3,8-10,12H2,1-2H3,(H,19,23). The Balaban J connectivity index is 1.70. The third-order valence-electron chi connectivity index (χ3n) is 4.15. The SMILES string of the molecule is CCc1c(C(=O)NCC2CN(C)CCO2)cnn1-c1ccccn1. The Kier molecular flexibility index (Phi) is 5.22. The summed E-state index contributed by atoms with van der Waals surface area (Å²) in [6.07, 6.45) is 4.05. The summed E-state index contributed by atoms with van der Waals surface area (Å²) in [5.41, 5.74) is 1.44. The number of hydrogen-bond donors (Lipinski definition) is 1. The number of carbonyl (C=O) groups is 1. The van der Waals surface area contributed by atoms with Crippen molar-refractivity contribution in [3.8, 4) is 5.82 Å². The van der Waals surface area contributed by atoms with E-state index in [1.807, 2.05) is 25.1 Å². The van der Waals surface area contributed by atoms with Crippen molar-refractivity contribution in [3.05, 3.63) is 41.9 Å². The average molecular weight is 329 g/mol. The third-order valence-corrected chi connectivity index (χ3v) is 4.15. The minimum atomic E-state index is -0.120. The van der Waals surface area contributed by atoms with E-state index in [1.54, 1.807) is 17.1 Å². The van der Waals surface area contributed by atoms with E-state index in [-0.39, 0.29) is 12.0 Å². The summed E-state index contributed by atoms with van der Waals surface area (Å²) >= 11 is 0. The fourth-order valence-corrected chi connectivity index (χ4v) is 2.87. The molecule has 0 radical (unpaired) electrons. The molecule has 2 aromatic heterocycles. The number of ether oxygens (including phenoxy) is 1. The van der Waals surface area contributed by atoms with Crippen LogP contribution in [0.5, 0.6) is 0 Å². The molecule has 1 unspecified atom stereocenters. The molecule has 3 heterocycles. The molecule has 7 heteroatoms. The molecule has 128 valence electrons. The molecule has 2 aromatic rings. The van der Waals surface area contributed by atoms with E-state index in [0.29, 0.717) is 31.0 Å². The second-order valence-corrected chi connectivity index (χ2v) is 5.92. The van der Waals surface area contributed by atoms with Gasteiger partial charge in [0.05, 0.1) is 30.2 Å². The summed E-state index contributed by atoms with van der Waals surface area (Å²) in [4.78, 5) is 19.0. The van der Waals surface area contributed by atoms with Crippen LogP contribution >= 0.6 is 0 Å². The first-order valence-electron chi connectivity index (χ1n) is 8.25. The summed E-state index contributed by atoms with van der Waals surface area (Å²) in [6.45, 7) is 4.97. The minimum Gasteiger partial charge on any atom is -0.374 e. The van der Waals surface area contributed by atoms with Crippen LogP contribution in [-0.2, 0) is 11.2 Å². The van der Waals surface area contributed by atoms with Gasteiger partial charge in [-0.15, -0.1) is 0 Å². The van der Waals surface area contributed by atoms with Crippen molar-refractivity contribution < 1.29 is 9.53 Å². The lowest BCUT2D eigenvalue weighted by Crippen LogP contribution is -2.46. The van der Waals surface area contributed by atoms with Gasteiger partial charge < -0.3 is 15.0 Å². The van der Waals surface area contributed by atoms with E-state index in [1.165, 1.54) is 0 Å². The fourth-order valence-electron chi connectivity index (χ4n) is 2.87. The number of amides is 1. The van der Waals surface area contributed by atoms with E-state index in [2.05, 4.69) is 27.3 Å². The van der Waals surface area contributed by atoms with Crippen molar-refractivity contribution in [2.75, 3.05) is 33.3 Å². The monoisotopic (exact) mass is 329 g/mol. The van der Waals surface area contributed by atoms with Crippen molar-refractivity contribution >= 4 is 5.91 Å². The summed E-state index contributed by atoms with van der Waals surface area (Å²) in [6, 6.07) is 5.63. The second kappa shape index (κ2) is 7.55. The van der Waals surface area contributed by atoms with Gasteiger partial charge in [0.1, 0.15) is 0 Å². The van der Waals surface area contributed by atoms with Crippen LogP contribution in [0.15, 0.2) is 30.6 Å². The Morgan fingerprint density at radius 1 is 1.46 bits per heavy atom. The molecule has 1 aliphatic rings. The Labute approximate surface area is 141 Å². The molecule has 0 saturated carbocycles. The van der Waals surface area contributed by atoms with Crippen molar-refractivity contribution in [1.82, 2.24) is 25.0 Å². The summed E-state index contributed by atoms with van der Waals surface area (Å²) in [7, 11) is 2.06. The lowest BCUT2D eigenvalue weighted by Gasteiger charge is -2.30. The van der Waals surface area contributed by atoms with Crippen LogP contribution < -0.4 is 5.32 Å². The number of morpholine rings is 1. The molecule has 1 saturated heterocycles. The lowest BCUT2D eigenvalue weighted by atomic mass is 10.2. The summed E-state index contributed by atoms with van der Waals surface area (Å²) in [5, 5.41) is 7.30. The maximum atomic E-state index is 12.5. The first-order valence-corrected chi connectivity index (χ1v) is 8.25. The van der Waals surface area contributed by atoms with E-state index < -0.39 is 0 Å². The van der Waals surface area contributed by atoms with Crippen LogP contribution in [0.1, 0.15) is 23.0 Å². The third kappa shape index (κ3) is 3.63. The molecule has 1 fully saturated rings. The predicted molar refractivity (Wildman–Crippen MR) is 90.3 cm³/mol. The smallest absolute Gasteiger partial charge is 0.254 e. The maximum absolute atomic E-state index is 12.5. The summed E-state index contributed by atoms with van der Waals surface area (Å²) in [5.74, 6) is 0.594. The molecule has 0 aliphatic carbocycles. The molecule has 24 heavy (non-hydrogen) atoms. The van der Waals surface area contributed by atoms with Gasteiger partial charge in [0.15, 0.2) is 5.82 Å². The van der Waals surface area contributed by atoms with Gasteiger partial charge in [-0.25, -0.2) is 9.67 Å². The zero-order chi connectivity index (χ0) is 16.9. The Hall–Kier alpha value is -2.25. The normalized spacial score (nSPS) is 18.5. The lowest BCUT2D eigenvalue weighted by molar-refractivity contribution is -0.0175. The highest BCUT2D eigenvalue weighted by Gasteiger charge is 2.21. The highest BCUT2D eigenvalue weighted by atomic mass is 16.5. The van der Waals surface area contributed by atoms with E-state index in [0.717, 1.165) is 18.8 Å². The molecule has 0 bridgehead atoms. The largest absolute Gasteiger partial charge is 0.374 e. The molecular weight excluding hydrogens is 306 g/mol. The van der Waals surface area contributed by atoms with Gasteiger partial charge in [-0.3, -0.25) is 4.79 Å². The molecule has 0 aromatic carbocycles. The van der Waals surface area contributed by atoms with Crippen LogP contribution in [0.25, 0.3) is 5.82 Å². The highest BCUT2D eigenvalue weighted by Crippen LogP contribution is 2.14. The first kappa shape index (κ1) is 16.6. The first-order chi connectivity index (χ1) is 11.7. The Morgan fingerprint density at radius 2 is 2.33 bits per heavy atom. The number of rotatable bonds is 5. The number of likely N-dealkylation sites (N-methyl/N-ethyl adjacent to an activating group) is 1. The maximum Gasteiger partial charge on any atom is 0.254 e. The fraction of sp³-hybridized carbons (Fsp3) is 0.471. The zero-order valence-electron chi connectivity index (χ0n) is 14.1. The second-order valence-electron chi connectivity index (χ2n) is 5.92. The van der Waals surface area contributed by atoms with Gasteiger partial charge in [0.2, 0.25) is 0 Å². The van der Waals surface area contributed by atoms with Crippen LogP contribution in [-0.4, -0.2) is 65.0 Å². The number of nitrogens with one attached hydrogen (secondary N) is 1. The molecular formula is C17H23N5O2. The topological polar surface area (TPSA) is 72.3 Å². The molecule has 1 amide bonds. The number of hydrogen-bond acceptors (Lipinski definition) is 5. The molecule has 1 aliphatic heterocycles. The predicted octanol–water partition coefficient (Wildman–Crippen LogP) is 0.890. The van der Waals surface area contributed by atoms with Crippen LogP contribution in [0, 0.1) is 0 Å². The minimum absolute atomic E-state index is 0.0311. The summed E-state index contributed by atoms with van der Waals surface area (Å²) < 4.78 is 7.40. The molecule has 1 N–H and O–H groups in total. The van der Waals surface area contributed by atoms with Crippen molar-refractivity contribution in [1.29, 1.82) is 0 Å². The van der Waals surface area contributed by atoms with Gasteiger partial charge in [0.25, 0.3) is 5.91 Å². The Bertz CT molecular complexity index is 686. The van der Waals surface area contributed by atoms with Crippen LogP contribution in [0.2, 0.25) is 0 Å². The quantitative estimate of drug-likeness (QED) is 0.882. The van der Waals surface area contributed by atoms with Crippen LogP contribution in [0.4, 0.5) is 0 Å². The van der Waals surface area contributed by atoms with Gasteiger partial charge in [-0.2, -0.15) is 5.10 Å². The van der Waals surface area contributed by atoms with Crippen molar-refractivity contribution in [2.24, 2.45) is 0 Å². The van der Waals surface area contributed by atoms with Crippen molar-refractivity contribution in [2.45, 2.75) is 19.4 Å². The van der Waals surface area contributed by atoms with Gasteiger partial charge in [-0.1, -0.05) is 13.0 Å². The van der Waals surface area contributed by atoms with E-state index in [9.17, 15) is 4.79 Å². The molecule has 7 nitrogen and oxygen atoms in total. The number of pyridine rings is 1.